The zero-order chi connectivity index (χ0) is 11.5. The van der Waals surface area contributed by atoms with Gasteiger partial charge >= 0.3 is 0 Å². The summed E-state index contributed by atoms with van der Waals surface area (Å²) in [5, 5.41) is 11.8. The first kappa shape index (κ1) is 10.2. The minimum absolute atomic E-state index is 0.309. The predicted octanol–water partition coefficient (Wildman–Crippen LogP) is 1.92. The van der Waals surface area contributed by atoms with Crippen molar-refractivity contribution in [3.8, 4) is 11.8 Å². The quantitative estimate of drug-likeness (QED) is 0.834. The first-order valence-corrected chi connectivity index (χ1v) is 4.67. The maximum Gasteiger partial charge on any atom is 0.168 e. The third-order valence-corrected chi connectivity index (χ3v) is 2.22. The largest absolute Gasteiger partial charge is 0.371 e. The van der Waals surface area contributed by atoms with Gasteiger partial charge in [-0.1, -0.05) is 0 Å². The molecule has 0 amide bonds. The van der Waals surface area contributed by atoms with E-state index >= 15 is 0 Å². The van der Waals surface area contributed by atoms with Crippen molar-refractivity contribution in [1.82, 2.24) is 9.55 Å². The summed E-state index contributed by atoms with van der Waals surface area (Å²) in [4.78, 5) is 4.04. The van der Waals surface area contributed by atoms with Crippen molar-refractivity contribution in [2.75, 3.05) is 12.4 Å². The van der Waals surface area contributed by atoms with Crippen molar-refractivity contribution in [2.24, 2.45) is 0 Å². The number of halogens is 1. The van der Waals surface area contributed by atoms with E-state index in [9.17, 15) is 4.39 Å². The minimum Gasteiger partial charge on any atom is -0.371 e. The van der Waals surface area contributed by atoms with E-state index in [2.05, 4.69) is 16.4 Å². The number of aromatic nitrogens is 2. The van der Waals surface area contributed by atoms with E-state index in [4.69, 9.17) is 5.26 Å². The van der Waals surface area contributed by atoms with Gasteiger partial charge in [-0.25, -0.2) is 9.37 Å². The average molecular weight is 216 g/mol. The second-order valence-electron chi connectivity index (χ2n) is 3.15. The van der Waals surface area contributed by atoms with Crippen molar-refractivity contribution < 1.29 is 4.39 Å². The molecule has 0 unspecified atom stereocenters. The maximum absolute atomic E-state index is 12.8. The molecule has 2 rings (SSSR count). The molecule has 16 heavy (non-hydrogen) atoms. The lowest BCUT2D eigenvalue weighted by Gasteiger charge is -2.03. The van der Waals surface area contributed by atoms with Gasteiger partial charge < -0.3 is 5.32 Å². The van der Waals surface area contributed by atoms with Gasteiger partial charge in [0.05, 0.1) is 0 Å². The Kier molecular flexibility index (Phi) is 2.56. The molecule has 2 aromatic rings. The summed E-state index contributed by atoms with van der Waals surface area (Å²) in [6, 6.07) is 7.93. The number of hydrogen-bond donors (Lipinski definition) is 1. The number of benzene rings is 1. The van der Waals surface area contributed by atoms with Crippen molar-refractivity contribution >= 4 is 5.82 Å². The standard InChI is InChI=1S/C11H9FN4/c1-14-11-10(6-13)16(7-15-11)9-4-2-8(12)3-5-9/h2-5,7,14H,1H3. The zero-order valence-electron chi connectivity index (χ0n) is 8.61. The molecule has 0 aliphatic carbocycles. The molecule has 5 heteroatoms. The van der Waals surface area contributed by atoms with E-state index in [-0.39, 0.29) is 5.82 Å². The summed E-state index contributed by atoms with van der Waals surface area (Å²) in [5.41, 5.74) is 1.10. The van der Waals surface area contributed by atoms with Crippen LogP contribution in [0, 0.1) is 17.1 Å². The number of hydrogen-bond acceptors (Lipinski definition) is 3. The lowest BCUT2D eigenvalue weighted by molar-refractivity contribution is 0.627. The monoisotopic (exact) mass is 216 g/mol. The molecule has 0 bridgehead atoms. The molecule has 0 radical (unpaired) electrons. The third kappa shape index (κ3) is 1.61. The molecular formula is C11H9FN4. The lowest BCUT2D eigenvalue weighted by Crippen LogP contribution is -1.98. The van der Waals surface area contributed by atoms with Crippen LogP contribution < -0.4 is 5.32 Å². The van der Waals surface area contributed by atoms with Gasteiger partial charge in [-0.3, -0.25) is 4.57 Å². The summed E-state index contributed by atoms with van der Waals surface area (Å²) >= 11 is 0. The molecule has 0 spiro atoms. The minimum atomic E-state index is -0.309. The zero-order valence-corrected chi connectivity index (χ0v) is 8.61. The molecule has 0 saturated heterocycles. The first-order chi connectivity index (χ1) is 7.76. The molecule has 0 aliphatic rings. The van der Waals surface area contributed by atoms with E-state index < -0.39 is 0 Å². The molecule has 0 aliphatic heterocycles. The summed E-state index contributed by atoms with van der Waals surface area (Å²) in [7, 11) is 1.69. The van der Waals surface area contributed by atoms with E-state index in [0.29, 0.717) is 17.2 Å². The molecule has 1 aromatic heterocycles. The number of nitrogens with zero attached hydrogens (tertiary/aromatic N) is 3. The van der Waals surface area contributed by atoms with Gasteiger partial charge in [-0.2, -0.15) is 5.26 Å². The SMILES string of the molecule is CNc1ncn(-c2ccc(F)cc2)c1C#N. The second kappa shape index (κ2) is 4.03. The maximum atomic E-state index is 12.8. The Bertz CT molecular complexity index is 536. The van der Waals surface area contributed by atoms with Gasteiger partial charge in [0.1, 0.15) is 18.2 Å². The van der Waals surface area contributed by atoms with Crippen molar-refractivity contribution in [1.29, 1.82) is 5.26 Å². The van der Waals surface area contributed by atoms with Crippen molar-refractivity contribution in [3.63, 3.8) is 0 Å². The Labute approximate surface area is 92.0 Å². The summed E-state index contributed by atoms with van der Waals surface area (Å²) in [5.74, 6) is 0.197. The smallest absolute Gasteiger partial charge is 0.168 e. The fourth-order valence-electron chi connectivity index (χ4n) is 1.44. The Morgan fingerprint density at radius 2 is 2.06 bits per heavy atom. The predicted molar refractivity (Wildman–Crippen MR) is 57.8 cm³/mol. The molecule has 0 fully saturated rings. The fraction of sp³-hybridized carbons (Fsp3) is 0.0909. The molecule has 0 saturated carbocycles. The van der Waals surface area contributed by atoms with Crippen LogP contribution in [0.2, 0.25) is 0 Å². The van der Waals surface area contributed by atoms with Crippen LogP contribution in [0.1, 0.15) is 5.69 Å². The average Bonchev–Trinajstić information content (AvgIpc) is 2.72. The van der Waals surface area contributed by atoms with Gasteiger partial charge in [0.2, 0.25) is 0 Å². The molecule has 1 heterocycles. The first-order valence-electron chi connectivity index (χ1n) is 4.67. The van der Waals surface area contributed by atoms with E-state index in [1.54, 1.807) is 23.7 Å². The van der Waals surface area contributed by atoms with E-state index in [0.717, 1.165) is 0 Å². The Morgan fingerprint density at radius 3 is 2.62 bits per heavy atom. The van der Waals surface area contributed by atoms with Crippen molar-refractivity contribution in [2.45, 2.75) is 0 Å². The van der Waals surface area contributed by atoms with Gasteiger partial charge in [0, 0.05) is 12.7 Å². The second-order valence-corrected chi connectivity index (χ2v) is 3.15. The number of anilines is 1. The Hall–Kier alpha value is -2.35. The van der Waals surface area contributed by atoms with Gasteiger partial charge in [0.15, 0.2) is 11.5 Å². The lowest BCUT2D eigenvalue weighted by atomic mass is 10.3. The molecular weight excluding hydrogens is 207 g/mol. The van der Waals surface area contributed by atoms with Crippen molar-refractivity contribution in [3.05, 3.63) is 42.1 Å². The molecule has 4 nitrogen and oxygen atoms in total. The number of nitriles is 1. The highest BCUT2D eigenvalue weighted by molar-refractivity contribution is 5.52. The van der Waals surface area contributed by atoms with Crippen LogP contribution in [0.3, 0.4) is 0 Å². The van der Waals surface area contributed by atoms with Gasteiger partial charge in [0.25, 0.3) is 0 Å². The Balaban J connectivity index is 2.52. The summed E-state index contributed by atoms with van der Waals surface area (Å²) in [6.45, 7) is 0. The molecule has 80 valence electrons. The molecule has 0 atom stereocenters. The van der Waals surface area contributed by atoms with Crippen LogP contribution in [0.4, 0.5) is 10.2 Å². The normalized spacial score (nSPS) is 9.81. The van der Waals surface area contributed by atoms with Crippen LogP contribution in [-0.2, 0) is 0 Å². The van der Waals surface area contributed by atoms with Gasteiger partial charge in [-0.15, -0.1) is 0 Å². The van der Waals surface area contributed by atoms with Crippen LogP contribution in [0.25, 0.3) is 5.69 Å². The molecule has 1 N–H and O–H groups in total. The Morgan fingerprint density at radius 1 is 1.38 bits per heavy atom. The van der Waals surface area contributed by atoms with Crippen LogP contribution in [0.5, 0.6) is 0 Å². The number of nitrogens with one attached hydrogen (secondary N) is 1. The summed E-state index contributed by atoms with van der Waals surface area (Å²) < 4.78 is 14.4. The van der Waals surface area contributed by atoms with Crippen LogP contribution >= 0.6 is 0 Å². The highest BCUT2D eigenvalue weighted by atomic mass is 19.1. The van der Waals surface area contributed by atoms with E-state index in [1.807, 2.05) is 0 Å². The highest BCUT2D eigenvalue weighted by Crippen LogP contribution is 2.17. The third-order valence-electron chi connectivity index (χ3n) is 2.22. The van der Waals surface area contributed by atoms with Gasteiger partial charge in [-0.05, 0) is 24.3 Å². The van der Waals surface area contributed by atoms with Crippen LogP contribution in [0.15, 0.2) is 30.6 Å². The topological polar surface area (TPSA) is 53.6 Å². The number of rotatable bonds is 2. The summed E-state index contributed by atoms with van der Waals surface area (Å²) in [6.07, 6.45) is 1.53. The fourth-order valence-corrected chi connectivity index (χ4v) is 1.44. The van der Waals surface area contributed by atoms with E-state index in [1.165, 1.54) is 18.5 Å². The highest BCUT2D eigenvalue weighted by Gasteiger charge is 2.10. The number of imidazole rings is 1. The van der Waals surface area contributed by atoms with Crippen LogP contribution in [-0.4, -0.2) is 16.6 Å². The molecule has 1 aromatic carbocycles.